The van der Waals surface area contributed by atoms with E-state index in [1.165, 1.54) is 0 Å². The quantitative estimate of drug-likeness (QED) is 0.656. The highest BCUT2D eigenvalue weighted by molar-refractivity contribution is 9.10. The van der Waals surface area contributed by atoms with Gasteiger partial charge in [0.15, 0.2) is 0 Å². The number of carbonyl (C=O) groups excluding carboxylic acids is 1. The van der Waals surface area contributed by atoms with Crippen molar-refractivity contribution in [3.63, 3.8) is 0 Å². The maximum Gasteiger partial charge on any atom is 0.324 e. The lowest BCUT2D eigenvalue weighted by Crippen LogP contribution is -2.33. The van der Waals surface area contributed by atoms with Crippen LogP contribution in [0.1, 0.15) is 5.56 Å². The van der Waals surface area contributed by atoms with Crippen LogP contribution in [0.2, 0.25) is 0 Å². The van der Waals surface area contributed by atoms with Gasteiger partial charge in [0.1, 0.15) is 12.6 Å². The van der Waals surface area contributed by atoms with Crippen LogP contribution in [-0.2, 0) is 16.1 Å². The number of ether oxygens (including phenoxy) is 1. The van der Waals surface area contributed by atoms with Crippen molar-refractivity contribution < 1.29 is 9.53 Å². The SMILES string of the molecule is N[C@@H](CS)C(=O)OCc1cccc(Br)c1. The van der Waals surface area contributed by atoms with Crippen molar-refractivity contribution in [3.05, 3.63) is 34.3 Å². The highest BCUT2D eigenvalue weighted by Crippen LogP contribution is 2.12. The Morgan fingerprint density at radius 1 is 1.60 bits per heavy atom. The predicted molar refractivity (Wildman–Crippen MR) is 65.8 cm³/mol. The second-order valence-corrected chi connectivity index (χ2v) is 4.31. The summed E-state index contributed by atoms with van der Waals surface area (Å²) in [5.41, 5.74) is 6.37. The van der Waals surface area contributed by atoms with E-state index >= 15 is 0 Å². The molecule has 0 saturated carbocycles. The molecule has 5 heteroatoms. The number of thiol groups is 1. The fraction of sp³-hybridized carbons (Fsp3) is 0.300. The van der Waals surface area contributed by atoms with Crippen molar-refractivity contribution in [1.82, 2.24) is 0 Å². The first-order valence-corrected chi connectivity index (χ1v) is 5.83. The molecule has 1 aromatic carbocycles. The van der Waals surface area contributed by atoms with E-state index in [0.29, 0.717) is 0 Å². The standard InChI is InChI=1S/C10H12BrNO2S/c11-8-3-1-2-7(4-8)5-14-10(13)9(12)6-15/h1-4,9,15H,5-6,12H2/t9-/m0/s1. The minimum atomic E-state index is -0.652. The number of hydrogen-bond acceptors (Lipinski definition) is 4. The Hall–Kier alpha value is -0.520. The van der Waals surface area contributed by atoms with E-state index in [0.717, 1.165) is 10.0 Å². The molecule has 0 heterocycles. The van der Waals surface area contributed by atoms with Gasteiger partial charge in [-0.05, 0) is 17.7 Å². The lowest BCUT2D eigenvalue weighted by Gasteiger charge is -2.08. The Labute approximate surface area is 103 Å². The maximum absolute atomic E-state index is 11.2. The molecule has 0 fully saturated rings. The molecular weight excluding hydrogens is 278 g/mol. The van der Waals surface area contributed by atoms with E-state index in [1.807, 2.05) is 24.3 Å². The van der Waals surface area contributed by atoms with Crippen molar-refractivity contribution in [2.45, 2.75) is 12.6 Å². The molecule has 1 atom stereocenters. The van der Waals surface area contributed by atoms with E-state index in [4.69, 9.17) is 10.5 Å². The van der Waals surface area contributed by atoms with Gasteiger partial charge in [-0.25, -0.2) is 0 Å². The van der Waals surface area contributed by atoms with Crippen LogP contribution < -0.4 is 5.73 Å². The molecule has 0 aliphatic heterocycles. The number of carbonyl (C=O) groups is 1. The van der Waals surface area contributed by atoms with Gasteiger partial charge in [-0.3, -0.25) is 4.79 Å². The molecule has 1 aromatic rings. The molecule has 0 radical (unpaired) electrons. The lowest BCUT2D eigenvalue weighted by molar-refractivity contribution is -0.145. The van der Waals surface area contributed by atoms with E-state index in [9.17, 15) is 4.79 Å². The maximum atomic E-state index is 11.2. The van der Waals surface area contributed by atoms with Crippen LogP contribution in [0.5, 0.6) is 0 Å². The second-order valence-electron chi connectivity index (χ2n) is 3.03. The molecule has 0 aliphatic rings. The van der Waals surface area contributed by atoms with Gasteiger partial charge in [0.25, 0.3) is 0 Å². The highest BCUT2D eigenvalue weighted by Gasteiger charge is 2.12. The average molecular weight is 290 g/mol. The Bertz CT molecular complexity index is 346. The summed E-state index contributed by atoms with van der Waals surface area (Å²) >= 11 is 7.25. The molecule has 15 heavy (non-hydrogen) atoms. The third-order valence-electron chi connectivity index (χ3n) is 1.77. The van der Waals surface area contributed by atoms with Crippen LogP contribution in [0.15, 0.2) is 28.7 Å². The van der Waals surface area contributed by atoms with Crippen molar-refractivity contribution in [2.75, 3.05) is 5.75 Å². The van der Waals surface area contributed by atoms with Gasteiger partial charge < -0.3 is 10.5 Å². The van der Waals surface area contributed by atoms with Gasteiger partial charge in [0.2, 0.25) is 0 Å². The average Bonchev–Trinajstić information content (AvgIpc) is 2.25. The minimum Gasteiger partial charge on any atom is -0.460 e. The number of nitrogens with two attached hydrogens (primary N) is 1. The first kappa shape index (κ1) is 12.5. The zero-order chi connectivity index (χ0) is 11.3. The van der Waals surface area contributed by atoms with Crippen LogP contribution in [0.4, 0.5) is 0 Å². The van der Waals surface area contributed by atoms with E-state index in [1.54, 1.807) is 0 Å². The molecular formula is C10H12BrNO2S. The summed E-state index contributed by atoms with van der Waals surface area (Å²) in [7, 11) is 0. The smallest absolute Gasteiger partial charge is 0.324 e. The molecule has 0 amide bonds. The van der Waals surface area contributed by atoms with Gasteiger partial charge >= 0.3 is 5.97 Å². The zero-order valence-corrected chi connectivity index (χ0v) is 10.5. The third-order valence-corrected chi connectivity index (χ3v) is 2.66. The second kappa shape index (κ2) is 6.15. The van der Waals surface area contributed by atoms with Crippen LogP contribution in [0.3, 0.4) is 0 Å². The number of esters is 1. The molecule has 0 saturated heterocycles. The summed E-state index contributed by atoms with van der Waals surface area (Å²) in [4.78, 5) is 11.2. The van der Waals surface area contributed by atoms with Crippen LogP contribution >= 0.6 is 28.6 Å². The molecule has 0 unspecified atom stereocenters. The van der Waals surface area contributed by atoms with Crippen LogP contribution in [0.25, 0.3) is 0 Å². The number of rotatable bonds is 4. The zero-order valence-electron chi connectivity index (χ0n) is 8.02. The Morgan fingerprint density at radius 3 is 2.93 bits per heavy atom. The summed E-state index contributed by atoms with van der Waals surface area (Å²) in [5.74, 6) is -0.137. The van der Waals surface area contributed by atoms with Gasteiger partial charge in [-0.15, -0.1) is 0 Å². The van der Waals surface area contributed by atoms with Crippen molar-refractivity contribution in [3.8, 4) is 0 Å². The molecule has 0 aliphatic carbocycles. The molecule has 82 valence electrons. The highest BCUT2D eigenvalue weighted by atomic mass is 79.9. The predicted octanol–water partition coefficient (Wildman–Crippen LogP) is 1.75. The monoisotopic (exact) mass is 289 g/mol. The summed E-state index contributed by atoms with van der Waals surface area (Å²) in [6, 6.07) is 6.90. The lowest BCUT2D eigenvalue weighted by atomic mass is 10.2. The van der Waals surface area contributed by atoms with Crippen LogP contribution in [-0.4, -0.2) is 17.8 Å². The first-order chi connectivity index (χ1) is 7.13. The molecule has 0 aromatic heterocycles. The van der Waals surface area contributed by atoms with Crippen LogP contribution in [0, 0.1) is 0 Å². The Morgan fingerprint density at radius 2 is 2.33 bits per heavy atom. The Kier molecular flexibility index (Phi) is 5.14. The Balaban J connectivity index is 2.47. The van der Waals surface area contributed by atoms with E-state index < -0.39 is 12.0 Å². The topological polar surface area (TPSA) is 52.3 Å². The molecule has 1 rings (SSSR count). The molecule has 0 spiro atoms. The largest absolute Gasteiger partial charge is 0.460 e. The molecule has 0 bridgehead atoms. The van der Waals surface area contributed by atoms with Crippen molar-refractivity contribution >= 4 is 34.5 Å². The van der Waals surface area contributed by atoms with Crippen molar-refractivity contribution in [1.29, 1.82) is 0 Å². The van der Waals surface area contributed by atoms with E-state index in [2.05, 4.69) is 28.6 Å². The fourth-order valence-electron chi connectivity index (χ4n) is 0.963. The van der Waals surface area contributed by atoms with Gasteiger partial charge in [0, 0.05) is 10.2 Å². The van der Waals surface area contributed by atoms with Crippen molar-refractivity contribution in [2.24, 2.45) is 5.73 Å². The summed E-state index contributed by atoms with van der Waals surface area (Å²) in [5, 5.41) is 0. The van der Waals surface area contributed by atoms with Gasteiger partial charge in [-0.1, -0.05) is 28.1 Å². The number of halogens is 1. The summed E-state index contributed by atoms with van der Waals surface area (Å²) in [6.45, 7) is 0.236. The molecule has 3 nitrogen and oxygen atoms in total. The first-order valence-electron chi connectivity index (χ1n) is 4.41. The fourth-order valence-corrected chi connectivity index (χ4v) is 1.56. The van der Waals surface area contributed by atoms with Gasteiger partial charge in [0.05, 0.1) is 0 Å². The van der Waals surface area contributed by atoms with E-state index in [-0.39, 0.29) is 12.4 Å². The normalized spacial score (nSPS) is 12.2. The minimum absolute atomic E-state index is 0.236. The number of benzene rings is 1. The van der Waals surface area contributed by atoms with Gasteiger partial charge in [-0.2, -0.15) is 12.6 Å². The summed E-state index contributed by atoms with van der Waals surface area (Å²) < 4.78 is 5.96. The molecule has 2 N–H and O–H groups in total. The third kappa shape index (κ3) is 4.24. The number of hydrogen-bond donors (Lipinski definition) is 2. The summed E-state index contributed by atoms with van der Waals surface area (Å²) in [6.07, 6.45) is 0.